The maximum Gasteiger partial charge on any atom is 0.416 e. The van der Waals surface area contributed by atoms with E-state index in [0.717, 1.165) is 12.1 Å². The summed E-state index contributed by atoms with van der Waals surface area (Å²) in [5.74, 6) is -0.425. The molecule has 2 N–H and O–H groups in total. The number of alkyl halides is 3. The van der Waals surface area contributed by atoms with Crippen LogP contribution in [0.15, 0.2) is 83.8 Å². The number of nitrogens with one attached hydrogen (secondary N) is 2. The Labute approximate surface area is 165 Å². The quantitative estimate of drug-likeness (QED) is 0.625. The van der Waals surface area contributed by atoms with Crippen molar-refractivity contribution in [3.05, 3.63) is 90.0 Å². The highest BCUT2D eigenvalue weighted by molar-refractivity contribution is 7.92. The fourth-order valence-electron chi connectivity index (χ4n) is 2.51. The van der Waals surface area contributed by atoms with E-state index in [0.29, 0.717) is 11.6 Å². The van der Waals surface area contributed by atoms with Gasteiger partial charge in [0.2, 0.25) is 0 Å². The molecule has 3 rings (SSSR count). The van der Waals surface area contributed by atoms with E-state index in [1.807, 2.05) is 0 Å². The van der Waals surface area contributed by atoms with Gasteiger partial charge in [0, 0.05) is 16.9 Å². The fraction of sp³-hybridized carbons (Fsp3) is 0.0500. The smallest absolute Gasteiger partial charge is 0.322 e. The van der Waals surface area contributed by atoms with Crippen molar-refractivity contribution in [2.24, 2.45) is 0 Å². The molecule has 0 aliphatic rings. The molecule has 0 radical (unpaired) electrons. The van der Waals surface area contributed by atoms with Gasteiger partial charge in [-0.05, 0) is 48.5 Å². The third kappa shape index (κ3) is 5.14. The summed E-state index contributed by atoms with van der Waals surface area (Å²) in [4.78, 5) is 12.0. The third-order valence-corrected chi connectivity index (χ3v) is 5.26. The van der Waals surface area contributed by atoms with Crippen LogP contribution in [0.5, 0.6) is 0 Å². The number of amides is 1. The molecule has 3 aromatic rings. The van der Waals surface area contributed by atoms with E-state index < -0.39 is 27.7 Å². The minimum Gasteiger partial charge on any atom is -0.322 e. The number of carbonyl (C=O) groups is 1. The van der Waals surface area contributed by atoms with Crippen LogP contribution in [-0.2, 0) is 16.2 Å². The van der Waals surface area contributed by atoms with E-state index in [1.165, 1.54) is 30.3 Å². The first-order valence-electron chi connectivity index (χ1n) is 8.32. The number of hydrogen-bond acceptors (Lipinski definition) is 3. The maximum absolute atomic E-state index is 12.8. The maximum atomic E-state index is 12.8. The Morgan fingerprint density at radius 3 is 2.14 bits per heavy atom. The van der Waals surface area contributed by atoms with Crippen molar-refractivity contribution < 1.29 is 26.4 Å². The number of hydrogen-bond donors (Lipinski definition) is 2. The number of benzene rings is 3. The SMILES string of the molecule is O=C(Nc1cccc(S(=O)(=O)Nc2cccc(C(F)(F)F)c2)c1)c1ccccc1. The molecule has 0 aliphatic carbocycles. The van der Waals surface area contributed by atoms with Gasteiger partial charge in [-0.15, -0.1) is 0 Å². The molecule has 5 nitrogen and oxygen atoms in total. The van der Waals surface area contributed by atoms with Gasteiger partial charge in [0.05, 0.1) is 10.5 Å². The van der Waals surface area contributed by atoms with Gasteiger partial charge in [-0.1, -0.05) is 30.3 Å². The van der Waals surface area contributed by atoms with Crippen LogP contribution in [0.25, 0.3) is 0 Å². The zero-order valence-corrected chi connectivity index (χ0v) is 15.6. The van der Waals surface area contributed by atoms with E-state index in [9.17, 15) is 26.4 Å². The molecular weight excluding hydrogens is 405 g/mol. The average Bonchev–Trinajstić information content (AvgIpc) is 2.68. The lowest BCUT2D eigenvalue weighted by Gasteiger charge is -2.12. The highest BCUT2D eigenvalue weighted by Gasteiger charge is 2.30. The molecule has 1 amide bonds. The number of halogens is 3. The van der Waals surface area contributed by atoms with Crippen LogP contribution < -0.4 is 10.0 Å². The second kappa shape index (κ2) is 7.96. The first-order valence-corrected chi connectivity index (χ1v) is 9.80. The minimum atomic E-state index is -4.59. The summed E-state index contributed by atoms with van der Waals surface area (Å²) in [6.07, 6.45) is -4.59. The molecule has 3 aromatic carbocycles. The van der Waals surface area contributed by atoms with E-state index in [-0.39, 0.29) is 16.3 Å². The van der Waals surface area contributed by atoms with E-state index >= 15 is 0 Å². The third-order valence-electron chi connectivity index (χ3n) is 3.88. The number of anilines is 2. The molecule has 0 bridgehead atoms. The lowest BCUT2D eigenvalue weighted by atomic mass is 10.2. The van der Waals surface area contributed by atoms with Crippen LogP contribution in [0.2, 0.25) is 0 Å². The van der Waals surface area contributed by atoms with Gasteiger partial charge in [0.1, 0.15) is 0 Å². The summed E-state index contributed by atoms with van der Waals surface area (Å²) in [6, 6.07) is 17.6. The van der Waals surface area contributed by atoms with Crippen molar-refractivity contribution in [2.75, 3.05) is 10.0 Å². The summed E-state index contributed by atoms with van der Waals surface area (Å²) in [6.45, 7) is 0. The Morgan fingerprint density at radius 1 is 0.793 bits per heavy atom. The van der Waals surface area contributed by atoms with Crippen molar-refractivity contribution >= 4 is 27.3 Å². The largest absolute Gasteiger partial charge is 0.416 e. The molecule has 0 aromatic heterocycles. The van der Waals surface area contributed by atoms with Crippen LogP contribution in [0.3, 0.4) is 0 Å². The monoisotopic (exact) mass is 420 g/mol. The van der Waals surface area contributed by atoms with Gasteiger partial charge < -0.3 is 5.32 Å². The number of sulfonamides is 1. The summed E-state index contributed by atoms with van der Waals surface area (Å²) in [5.41, 5.74) is -0.575. The standard InChI is InChI=1S/C20H15F3N2O3S/c21-20(22,23)15-8-4-10-17(12-15)25-29(27,28)18-11-5-9-16(13-18)24-19(26)14-6-2-1-3-7-14/h1-13,25H,(H,24,26). The van der Waals surface area contributed by atoms with Crippen LogP contribution in [0.1, 0.15) is 15.9 Å². The Balaban J connectivity index is 1.81. The molecule has 0 atom stereocenters. The summed E-state index contributed by atoms with van der Waals surface area (Å²) < 4.78 is 65.7. The lowest BCUT2D eigenvalue weighted by Crippen LogP contribution is -2.15. The molecule has 150 valence electrons. The van der Waals surface area contributed by atoms with Crippen molar-refractivity contribution in [1.29, 1.82) is 0 Å². The van der Waals surface area contributed by atoms with Crippen LogP contribution in [0, 0.1) is 0 Å². The first kappa shape index (κ1) is 20.4. The minimum absolute atomic E-state index is 0.208. The van der Waals surface area contributed by atoms with E-state index in [2.05, 4.69) is 10.0 Å². The van der Waals surface area contributed by atoms with Gasteiger partial charge in [-0.25, -0.2) is 8.42 Å². The lowest BCUT2D eigenvalue weighted by molar-refractivity contribution is -0.137. The summed E-state index contributed by atoms with van der Waals surface area (Å²) in [5, 5.41) is 2.58. The van der Waals surface area contributed by atoms with Crippen molar-refractivity contribution in [1.82, 2.24) is 0 Å². The Hall–Kier alpha value is -3.33. The molecule has 0 heterocycles. The molecule has 0 fully saturated rings. The van der Waals surface area contributed by atoms with Gasteiger partial charge in [0.15, 0.2) is 0 Å². The van der Waals surface area contributed by atoms with Gasteiger partial charge >= 0.3 is 6.18 Å². The van der Waals surface area contributed by atoms with Crippen molar-refractivity contribution in [3.63, 3.8) is 0 Å². The van der Waals surface area contributed by atoms with Crippen molar-refractivity contribution in [3.8, 4) is 0 Å². The molecular formula is C20H15F3N2O3S. The van der Waals surface area contributed by atoms with Crippen molar-refractivity contribution in [2.45, 2.75) is 11.1 Å². The van der Waals surface area contributed by atoms with E-state index in [1.54, 1.807) is 30.3 Å². The predicted molar refractivity (Wildman–Crippen MR) is 103 cm³/mol. The van der Waals surface area contributed by atoms with Gasteiger partial charge in [0.25, 0.3) is 15.9 Å². The fourth-order valence-corrected chi connectivity index (χ4v) is 3.60. The second-order valence-electron chi connectivity index (χ2n) is 6.03. The topological polar surface area (TPSA) is 75.3 Å². The molecule has 0 saturated carbocycles. The highest BCUT2D eigenvalue weighted by atomic mass is 32.2. The van der Waals surface area contributed by atoms with Crippen LogP contribution in [-0.4, -0.2) is 14.3 Å². The van der Waals surface area contributed by atoms with E-state index in [4.69, 9.17) is 0 Å². The molecule has 9 heteroatoms. The number of rotatable bonds is 5. The Bertz CT molecular complexity index is 1130. The Kier molecular flexibility index (Phi) is 5.60. The van der Waals surface area contributed by atoms with Crippen LogP contribution in [0.4, 0.5) is 24.5 Å². The zero-order chi connectivity index (χ0) is 21.1. The molecule has 29 heavy (non-hydrogen) atoms. The first-order chi connectivity index (χ1) is 13.6. The molecule has 0 aliphatic heterocycles. The molecule has 0 unspecified atom stereocenters. The average molecular weight is 420 g/mol. The molecule has 0 saturated heterocycles. The normalized spacial score (nSPS) is 11.7. The Morgan fingerprint density at radius 2 is 1.45 bits per heavy atom. The summed E-state index contributed by atoms with van der Waals surface area (Å²) >= 11 is 0. The number of carbonyl (C=O) groups excluding carboxylic acids is 1. The van der Waals surface area contributed by atoms with Gasteiger partial charge in [-0.3, -0.25) is 9.52 Å². The van der Waals surface area contributed by atoms with Crippen LogP contribution >= 0.6 is 0 Å². The molecule has 0 spiro atoms. The zero-order valence-electron chi connectivity index (χ0n) is 14.8. The predicted octanol–water partition coefficient (Wildman–Crippen LogP) is 4.76. The second-order valence-corrected chi connectivity index (χ2v) is 7.71. The highest BCUT2D eigenvalue weighted by Crippen LogP contribution is 2.31. The summed E-state index contributed by atoms with van der Waals surface area (Å²) in [7, 11) is -4.17. The van der Waals surface area contributed by atoms with Gasteiger partial charge in [-0.2, -0.15) is 13.2 Å².